The topological polar surface area (TPSA) is 110 Å². The fourth-order valence-electron chi connectivity index (χ4n) is 3.51. The maximum atomic E-state index is 12.0. The van der Waals surface area contributed by atoms with Crippen molar-refractivity contribution in [2.75, 3.05) is 6.61 Å². The Hall–Kier alpha value is -2.50. The molecule has 6 nitrogen and oxygen atoms in total. The summed E-state index contributed by atoms with van der Waals surface area (Å²) in [7, 11) is 0. The Balaban J connectivity index is 0.000000379. The first-order valence-corrected chi connectivity index (χ1v) is 9.51. The van der Waals surface area contributed by atoms with Crippen molar-refractivity contribution in [2.45, 2.75) is 26.7 Å². The monoisotopic (exact) mass is 458 g/mol. The molecule has 1 aromatic heterocycles. The second kappa shape index (κ2) is 11.6. The van der Waals surface area contributed by atoms with Crippen molar-refractivity contribution >= 4 is 12.2 Å². The summed E-state index contributed by atoms with van der Waals surface area (Å²) < 4.78 is 0. The Labute approximate surface area is 188 Å². The van der Waals surface area contributed by atoms with E-state index in [1.807, 2.05) is 38.2 Å². The molecule has 0 aliphatic heterocycles. The van der Waals surface area contributed by atoms with Crippen molar-refractivity contribution in [1.29, 1.82) is 0 Å². The molecule has 1 aromatic rings. The first-order chi connectivity index (χ1) is 13.8. The van der Waals surface area contributed by atoms with Crippen LogP contribution in [0.5, 0.6) is 0 Å². The van der Waals surface area contributed by atoms with E-state index in [1.54, 1.807) is 0 Å². The molecule has 2 aliphatic rings. The van der Waals surface area contributed by atoms with Gasteiger partial charge in [-0.25, -0.2) is 4.79 Å². The maximum absolute atomic E-state index is 12.0. The number of rotatable bonds is 3. The number of allylic oxidation sites excluding steroid dienone is 6. The van der Waals surface area contributed by atoms with Gasteiger partial charge in [0, 0.05) is 30.7 Å². The number of nitrogens with one attached hydrogen (secondary N) is 3. The molecular formula is C23H28N3O3Zn-. The summed E-state index contributed by atoms with van der Waals surface area (Å²) in [5.41, 5.74) is 10.1. The van der Waals surface area contributed by atoms with Gasteiger partial charge in [0.05, 0.1) is 11.8 Å². The van der Waals surface area contributed by atoms with E-state index < -0.39 is 11.2 Å². The number of aliphatic hydroxyl groups excluding tert-OH is 1. The molecule has 0 bridgehead atoms. The molecule has 0 saturated carbocycles. The summed E-state index contributed by atoms with van der Waals surface area (Å²) in [4.78, 5) is 27.9. The molecule has 7 heteroatoms. The third-order valence-electron chi connectivity index (χ3n) is 5.14. The Morgan fingerprint density at radius 1 is 1.17 bits per heavy atom. The number of aliphatic hydroxyl groups is 1. The van der Waals surface area contributed by atoms with Gasteiger partial charge >= 0.3 is 5.69 Å². The van der Waals surface area contributed by atoms with Gasteiger partial charge in [-0.3, -0.25) is 9.78 Å². The summed E-state index contributed by atoms with van der Waals surface area (Å²) in [6.45, 7) is 11.4. The summed E-state index contributed by atoms with van der Waals surface area (Å²) >= 11 is 0. The van der Waals surface area contributed by atoms with Gasteiger partial charge in [-0.1, -0.05) is 48.6 Å². The Bertz CT molecular complexity index is 1080. The predicted molar refractivity (Wildman–Crippen MR) is 118 cm³/mol. The van der Waals surface area contributed by atoms with Gasteiger partial charge in [0.1, 0.15) is 0 Å². The van der Waals surface area contributed by atoms with Crippen LogP contribution in [0, 0.1) is 11.8 Å². The van der Waals surface area contributed by atoms with Crippen molar-refractivity contribution in [2.24, 2.45) is 11.8 Å². The van der Waals surface area contributed by atoms with E-state index in [2.05, 4.69) is 35.3 Å². The SMILES string of the molecule is C=C([NH-])C1C=CC=CC1/C(C)=c1/c(=C)[nH]c(=O)[nH]c1=O.CC1=CCCC=C1CO.[Zn]. The van der Waals surface area contributed by atoms with Crippen LogP contribution in [0.25, 0.3) is 17.9 Å². The quantitative estimate of drug-likeness (QED) is 0.603. The smallest absolute Gasteiger partial charge is 0.326 e. The van der Waals surface area contributed by atoms with Crippen LogP contribution in [-0.4, -0.2) is 21.7 Å². The van der Waals surface area contributed by atoms with Crippen molar-refractivity contribution < 1.29 is 24.6 Å². The minimum atomic E-state index is -0.572. The fraction of sp³-hybridized carbons (Fsp3) is 0.304. The second-order valence-corrected chi connectivity index (χ2v) is 7.14. The van der Waals surface area contributed by atoms with E-state index in [0.29, 0.717) is 5.22 Å². The first kappa shape index (κ1) is 25.5. The minimum absolute atomic E-state index is 0. The molecule has 0 aromatic carbocycles. The van der Waals surface area contributed by atoms with Crippen molar-refractivity contribution in [1.82, 2.24) is 9.97 Å². The zero-order valence-corrected chi connectivity index (χ0v) is 20.6. The van der Waals surface area contributed by atoms with Crippen LogP contribution in [0.1, 0.15) is 26.7 Å². The van der Waals surface area contributed by atoms with Crippen LogP contribution in [0.2, 0.25) is 0 Å². The molecule has 2 unspecified atom stereocenters. The zero-order chi connectivity index (χ0) is 21.6. The van der Waals surface area contributed by atoms with Crippen LogP contribution >= 0.6 is 0 Å². The molecule has 4 N–H and O–H groups in total. The number of hydrogen-bond donors (Lipinski definition) is 3. The summed E-state index contributed by atoms with van der Waals surface area (Å²) in [6.07, 6.45) is 14.0. The van der Waals surface area contributed by atoms with Gasteiger partial charge in [0.25, 0.3) is 5.56 Å². The van der Waals surface area contributed by atoms with Crippen molar-refractivity contribution in [3.05, 3.63) is 97.0 Å². The molecule has 2 aliphatic carbocycles. The Kier molecular flexibility index (Phi) is 9.90. The molecule has 0 fully saturated rings. The molecule has 2 atom stereocenters. The first-order valence-electron chi connectivity index (χ1n) is 9.51. The van der Waals surface area contributed by atoms with Gasteiger partial charge < -0.3 is 15.8 Å². The molecule has 0 saturated heterocycles. The summed E-state index contributed by atoms with van der Waals surface area (Å²) in [6, 6.07) is 0. The molecule has 30 heavy (non-hydrogen) atoms. The average molecular weight is 460 g/mol. The van der Waals surface area contributed by atoms with E-state index in [1.165, 1.54) is 5.57 Å². The third kappa shape index (κ3) is 6.25. The van der Waals surface area contributed by atoms with Crippen LogP contribution in [-0.2, 0) is 19.5 Å². The fourth-order valence-corrected chi connectivity index (χ4v) is 3.51. The molecule has 156 valence electrons. The predicted octanol–water partition coefficient (Wildman–Crippen LogP) is 2.21. The van der Waals surface area contributed by atoms with Crippen molar-refractivity contribution in [3.63, 3.8) is 0 Å². The maximum Gasteiger partial charge on any atom is 0.326 e. The molecule has 0 spiro atoms. The molecule has 0 amide bonds. The van der Waals surface area contributed by atoms with E-state index in [0.717, 1.165) is 24.0 Å². The van der Waals surface area contributed by atoms with Crippen LogP contribution < -0.4 is 21.8 Å². The van der Waals surface area contributed by atoms with E-state index >= 15 is 0 Å². The van der Waals surface area contributed by atoms with Gasteiger partial charge in [-0.05, 0) is 43.8 Å². The van der Waals surface area contributed by atoms with Gasteiger partial charge in [-0.15, -0.1) is 6.58 Å². The average Bonchev–Trinajstić information content (AvgIpc) is 2.68. The second-order valence-electron chi connectivity index (χ2n) is 7.14. The Morgan fingerprint density at radius 2 is 1.77 bits per heavy atom. The van der Waals surface area contributed by atoms with Crippen molar-refractivity contribution in [3.8, 4) is 0 Å². The zero-order valence-electron chi connectivity index (χ0n) is 17.6. The van der Waals surface area contributed by atoms with Crippen LogP contribution in [0.3, 0.4) is 0 Å². The molecular weight excluding hydrogens is 432 g/mol. The standard InChI is InChI=1S/C15H16N3O2.C8H12O.Zn/c1-8(11-6-4-5-7-12(11)9(2)16)13-10(3)17-15(20)18-14(13)19;1-7-4-2-3-5-8(7)6-9;/h4-7,11-12,16H,2-3H2,1H3,(H2,17,18,19,20);4-5,9H,2-3,6H2,1H3;/q-1;;/b13-8-;;. The number of H-pyrrole nitrogens is 2. The van der Waals surface area contributed by atoms with Gasteiger partial charge in [-0.2, -0.15) is 5.70 Å². The normalized spacial score (nSPS) is 20.8. The van der Waals surface area contributed by atoms with Crippen LogP contribution in [0.15, 0.2) is 69.5 Å². The van der Waals surface area contributed by atoms with Gasteiger partial charge in [0.15, 0.2) is 0 Å². The van der Waals surface area contributed by atoms with E-state index in [9.17, 15) is 9.59 Å². The number of hydrogen-bond acceptors (Lipinski definition) is 3. The Morgan fingerprint density at radius 3 is 2.27 bits per heavy atom. The molecule has 3 rings (SSSR count). The summed E-state index contributed by atoms with van der Waals surface area (Å²) in [5, 5.41) is 9.40. The largest absolute Gasteiger partial charge is 0.702 e. The van der Waals surface area contributed by atoms with Crippen LogP contribution in [0.4, 0.5) is 0 Å². The van der Waals surface area contributed by atoms with E-state index in [-0.39, 0.29) is 49.0 Å². The summed E-state index contributed by atoms with van der Waals surface area (Å²) in [5.74, 6) is -0.330. The third-order valence-corrected chi connectivity index (χ3v) is 5.14. The minimum Gasteiger partial charge on any atom is -0.702 e. The molecule has 0 radical (unpaired) electrons. The number of aromatic amines is 2. The number of aromatic nitrogens is 2. The van der Waals surface area contributed by atoms with Gasteiger partial charge in [0.2, 0.25) is 0 Å². The van der Waals surface area contributed by atoms with E-state index in [4.69, 9.17) is 10.8 Å². The molecule has 1 heterocycles.